The molecule has 0 heterocycles. The lowest BCUT2D eigenvalue weighted by molar-refractivity contribution is -0.0730. The molecule has 0 unspecified atom stereocenters. The number of benzene rings is 1. The van der Waals surface area contributed by atoms with Crippen molar-refractivity contribution < 1.29 is 27.4 Å². The monoisotopic (exact) mass is 224 g/mol. The third-order valence-electron chi connectivity index (χ3n) is 1.70. The average Bonchev–Trinajstić information content (AvgIpc) is 2.17. The highest BCUT2D eigenvalue weighted by atomic mass is 19.3. The van der Waals surface area contributed by atoms with Gasteiger partial charge in [-0.1, -0.05) is 12.1 Å². The molecule has 0 radical (unpaired) electrons. The minimum Gasteiger partial charge on any atom is -0.434 e. The maximum Gasteiger partial charge on any atom is 0.387 e. The second-order valence-corrected chi connectivity index (χ2v) is 2.74. The van der Waals surface area contributed by atoms with Crippen molar-refractivity contribution in [3.8, 4) is 5.75 Å². The van der Waals surface area contributed by atoms with Crippen LogP contribution in [0.5, 0.6) is 5.75 Å². The van der Waals surface area contributed by atoms with E-state index in [-0.39, 0.29) is 0 Å². The Labute approximate surface area is 83.1 Å². The smallest absolute Gasteiger partial charge is 0.387 e. The Balaban J connectivity index is 3.06. The summed E-state index contributed by atoms with van der Waals surface area (Å²) in [6.45, 7) is -4.64. The van der Waals surface area contributed by atoms with E-state index in [0.717, 1.165) is 12.1 Å². The molecule has 15 heavy (non-hydrogen) atoms. The minimum atomic E-state index is -3.59. The van der Waals surface area contributed by atoms with Gasteiger partial charge in [0.25, 0.3) is 5.92 Å². The normalized spacial score (nSPS) is 11.9. The first-order valence-electron chi connectivity index (χ1n) is 4.00. The SMILES string of the molecule is OCC(F)(F)c1ccccc1OC(F)F. The quantitative estimate of drug-likeness (QED) is 0.795. The van der Waals surface area contributed by atoms with E-state index in [1.807, 2.05) is 0 Å². The third-order valence-corrected chi connectivity index (χ3v) is 1.70. The fraction of sp³-hybridized carbons (Fsp3) is 0.333. The molecule has 84 valence electrons. The topological polar surface area (TPSA) is 29.5 Å². The van der Waals surface area contributed by atoms with Crippen molar-refractivity contribution >= 4 is 0 Å². The van der Waals surface area contributed by atoms with Crippen LogP contribution in [0.1, 0.15) is 5.56 Å². The molecule has 0 fully saturated rings. The summed E-state index contributed by atoms with van der Waals surface area (Å²) in [7, 11) is 0. The van der Waals surface area contributed by atoms with E-state index in [9.17, 15) is 17.6 Å². The fourth-order valence-electron chi connectivity index (χ4n) is 1.05. The van der Waals surface area contributed by atoms with Gasteiger partial charge in [0.2, 0.25) is 0 Å². The highest BCUT2D eigenvalue weighted by molar-refractivity contribution is 5.36. The maximum absolute atomic E-state index is 13.0. The van der Waals surface area contributed by atoms with E-state index in [1.165, 1.54) is 12.1 Å². The van der Waals surface area contributed by atoms with Gasteiger partial charge in [-0.15, -0.1) is 0 Å². The van der Waals surface area contributed by atoms with Gasteiger partial charge in [0.1, 0.15) is 12.4 Å². The molecule has 0 saturated heterocycles. The molecule has 0 aliphatic carbocycles. The maximum atomic E-state index is 13.0. The Bertz CT molecular complexity index is 328. The number of para-hydroxylation sites is 1. The van der Waals surface area contributed by atoms with Gasteiger partial charge < -0.3 is 9.84 Å². The number of aliphatic hydroxyl groups is 1. The summed E-state index contributed by atoms with van der Waals surface area (Å²) in [5.74, 6) is -4.22. The summed E-state index contributed by atoms with van der Waals surface area (Å²) >= 11 is 0. The predicted octanol–water partition coefficient (Wildman–Crippen LogP) is 2.37. The van der Waals surface area contributed by atoms with Crippen LogP contribution in [-0.2, 0) is 5.92 Å². The summed E-state index contributed by atoms with van der Waals surface area (Å²) in [5, 5.41) is 8.41. The summed E-state index contributed by atoms with van der Waals surface area (Å²) in [5.41, 5.74) is -0.757. The largest absolute Gasteiger partial charge is 0.434 e. The number of ether oxygens (including phenoxy) is 1. The number of hydrogen-bond donors (Lipinski definition) is 1. The van der Waals surface area contributed by atoms with Crippen molar-refractivity contribution in [2.24, 2.45) is 0 Å². The number of rotatable bonds is 4. The number of alkyl halides is 4. The Morgan fingerprint density at radius 3 is 2.40 bits per heavy atom. The van der Waals surface area contributed by atoms with E-state index >= 15 is 0 Å². The van der Waals surface area contributed by atoms with Crippen LogP contribution in [0.15, 0.2) is 24.3 Å². The van der Waals surface area contributed by atoms with E-state index in [2.05, 4.69) is 4.74 Å². The standard InChI is InChI=1S/C9H8F4O2/c10-8(11)15-7-4-2-1-3-6(7)9(12,13)5-14/h1-4,8,14H,5H2. The number of hydrogen-bond acceptors (Lipinski definition) is 2. The van der Waals surface area contributed by atoms with Crippen molar-refractivity contribution in [2.75, 3.05) is 6.61 Å². The molecule has 0 atom stereocenters. The van der Waals surface area contributed by atoms with Gasteiger partial charge in [-0.25, -0.2) is 0 Å². The van der Waals surface area contributed by atoms with Gasteiger partial charge in [0.15, 0.2) is 0 Å². The van der Waals surface area contributed by atoms with Gasteiger partial charge in [0.05, 0.1) is 5.56 Å². The first-order valence-corrected chi connectivity index (χ1v) is 4.00. The summed E-state index contributed by atoms with van der Waals surface area (Å²) in [4.78, 5) is 0. The highest BCUT2D eigenvalue weighted by Crippen LogP contribution is 2.34. The van der Waals surface area contributed by atoms with Crippen LogP contribution in [0.3, 0.4) is 0 Å². The first kappa shape index (κ1) is 11.8. The molecular weight excluding hydrogens is 216 g/mol. The molecular formula is C9H8F4O2. The van der Waals surface area contributed by atoms with Crippen LogP contribution in [0.25, 0.3) is 0 Å². The zero-order valence-electron chi connectivity index (χ0n) is 7.46. The molecule has 2 nitrogen and oxygen atoms in total. The van der Waals surface area contributed by atoms with Gasteiger partial charge in [-0.3, -0.25) is 0 Å². The molecule has 0 aliphatic heterocycles. The van der Waals surface area contributed by atoms with Crippen molar-refractivity contribution in [2.45, 2.75) is 12.5 Å². The van der Waals surface area contributed by atoms with E-state index in [0.29, 0.717) is 0 Å². The molecule has 0 aliphatic rings. The van der Waals surface area contributed by atoms with Gasteiger partial charge in [0, 0.05) is 0 Å². The summed E-state index contributed by atoms with van der Waals surface area (Å²) < 4.78 is 53.7. The molecule has 0 amide bonds. The van der Waals surface area contributed by atoms with Crippen LogP contribution in [0.2, 0.25) is 0 Å². The van der Waals surface area contributed by atoms with Crippen molar-refractivity contribution in [1.82, 2.24) is 0 Å². The Hall–Kier alpha value is -1.30. The molecule has 0 saturated carbocycles. The van der Waals surface area contributed by atoms with Crippen LogP contribution < -0.4 is 4.74 Å². The summed E-state index contributed by atoms with van der Waals surface area (Å²) in [6, 6.07) is 4.45. The zero-order valence-corrected chi connectivity index (χ0v) is 7.46. The number of aliphatic hydroxyl groups excluding tert-OH is 1. The van der Waals surface area contributed by atoms with Gasteiger partial charge >= 0.3 is 6.61 Å². The average molecular weight is 224 g/mol. The molecule has 1 aromatic rings. The molecule has 1 aromatic carbocycles. The van der Waals surface area contributed by atoms with Crippen molar-refractivity contribution in [3.05, 3.63) is 29.8 Å². The second-order valence-electron chi connectivity index (χ2n) is 2.74. The van der Waals surface area contributed by atoms with Crippen LogP contribution in [-0.4, -0.2) is 18.3 Å². The van der Waals surface area contributed by atoms with Crippen molar-refractivity contribution in [1.29, 1.82) is 0 Å². The lowest BCUT2D eigenvalue weighted by Gasteiger charge is -2.17. The molecule has 6 heteroatoms. The van der Waals surface area contributed by atoms with Crippen LogP contribution in [0.4, 0.5) is 17.6 Å². The predicted molar refractivity (Wildman–Crippen MR) is 44.1 cm³/mol. The Kier molecular flexibility index (Phi) is 3.52. The first-order chi connectivity index (χ1) is 6.97. The van der Waals surface area contributed by atoms with Crippen LogP contribution >= 0.6 is 0 Å². The molecule has 0 bridgehead atoms. The Morgan fingerprint density at radius 1 is 1.27 bits per heavy atom. The molecule has 1 rings (SSSR count). The van der Waals surface area contributed by atoms with E-state index in [1.54, 1.807) is 0 Å². The van der Waals surface area contributed by atoms with Gasteiger partial charge in [-0.05, 0) is 12.1 Å². The highest BCUT2D eigenvalue weighted by Gasteiger charge is 2.34. The number of halogens is 4. The lowest BCUT2D eigenvalue weighted by atomic mass is 10.1. The molecule has 0 spiro atoms. The van der Waals surface area contributed by atoms with Crippen LogP contribution in [0, 0.1) is 0 Å². The van der Waals surface area contributed by atoms with E-state index in [4.69, 9.17) is 5.11 Å². The summed E-state index contributed by atoms with van der Waals surface area (Å²) in [6.07, 6.45) is 0. The second kappa shape index (κ2) is 4.48. The van der Waals surface area contributed by atoms with Crippen molar-refractivity contribution in [3.63, 3.8) is 0 Å². The third kappa shape index (κ3) is 2.82. The molecule has 1 N–H and O–H groups in total. The van der Waals surface area contributed by atoms with Gasteiger partial charge in [-0.2, -0.15) is 17.6 Å². The molecule has 0 aromatic heterocycles. The Morgan fingerprint density at radius 2 is 1.87 bits per heavy atom. The lowest BCUT2D eigenvalue weighted by Crippen LogP contribution is -2.20. The minimum absolute atomic E-state index is 0.633. The van der Waals surface area contributed by atoms with E-state index < -0.39 is 30.5 Å². The fourth-order valence-corrected chi connectivity index (χ4v) is 1.05. The zero-order chi connectivity index (χ0) is 11.5.